The molecule has 1 amide bonds. The fourth-order valence-electron chi connectivity index (χ4n) is 1.64. The van der Waals surface area contributed by atoms with Crippen LogP contribution in [0.5, 0.6) is 0 Å². The van der Waals surface area contributed by atoms with E-state index in [0.717, 1.165) is 0 Å². The van der Waals surface area contributed by atoms with E-state index in [4.69, 9.17) is 4.52 Å². The Morgan fingerprint density at radius 1 is 1.40 bits per heavy atom. The van der Waals surface area contributed by atoms with Gasteiger partial charge in [0.2, 0.25) is 5.91 Å². The molecule has 1 aromatic heterocycles. The van der Waals surface area contributed by atoms with Crippen LogP contribution in [0.3, 0.4) is 0 Å². The number of aromatic nitrogens is 1. The van der Waals surface area contributed by atoms with E-state index >= 15 is 0 Å². The van der Waals surface area contributed by atoms with E-state index in [1.54, 1.807) is 32.0 Å². The molecule has 0 bridgehead atoms. The molecule has 0 saturated carbocycles. The van der Waals surface area contributed by atoms with Gasteiger partial charge >= 0.3 is 0 Å². The Morgan fingerprint density at radius 2 is 2.10 bits per heavy atom. The number of benzene rings is 1. The van der Waals surface area contributed by atoms with Gasteiger partial charge in [-0.05, 0) is 26.0 Å². The van der Waals surface area contributed by atoms with Gasteiger partial charge in [-0.3, -0.25) is 9.00 Å². The monoisotopic (exact) mass is 292 g/mol. The van der Waals surface area contributed by atoms with E-state index in [2.05, 4.69) is 10.5 Å². The summed E-state index contributed by atoms with van der Waals surface area (Å²) in [4.78, 5) is 12.0. The van der Waals surface area contributed by atoms with Crippen molar-refractivity contribution in [1.82, 2.24) is 5.16 Å². The first-order chi connectivity index (χ1) is 9.56. The van der Waals surface area contributed by atoms with Gasteiger partial charge in [0, 0.05) is 22.6 Å². The quantitative estimate of drug-likeness (QED) is 0.917. The Bertz CT molecular complexity index is 610. The highest BCUT2D eigenvalue weighted by atomic mass is 32.2. The van der Waals surface area contributed by atoms with E-state index in [1.165, 1.54) is 0 Å². The highest BCUT2D eigenvalue weighted by Crippen LogP contribution is 2.11. The fraction of sp³-hybridized carbons (Fsp3) is 0.286. The van der Waals surface area contributed by atoms with Crippen molar-refractivity contribution in [1.29, 1.82) is 0 Å². The van der Waals surface area contributed by atoms with Crippen molar-refractivity contribution < 1.29 is 13.5 Å². The van der Waals surface area contributed by atoms with Crippen LogP contribution >= 0.6 is 0 Å². The minimum absolute atomic E-state index is 0.209. The number of carbonyl (C=O) groups excluding carboxylic acids is 1. The second-order valence-corrected chi connectivity index (χ2v) is 6.21. The SMILES string of the molecule is Cc1cc(C[S@@](=O)[C@@H](C)C(=O)Nc2ccccc2)no1. The molecule has 5 nitrogen and oxygen atoms in total. The summed E-state index contributed by atoms with van der Waals surface area (Å²) in [6.07, 6.45) is 0. The third-order valence-electron chi connectivity index (χ3n) is 2.77. The number of amides is 1. The van der Waals surface area contributed by atoms with Crippen LogP contribution in [0.25, 0.3) is 0 Å². The minimum Gasteiger partial charge on any atom is -0.361 e. The summed E-state index contributed by atoms with van der Waals surface area (Å²) in [5, 5.41) is 5.90. The zero-order valence-corrected chi connectivity index (χ0v) is 12.1. The molecule has 2 atom stereocenters. The summed E-state index contributed by atoms with van der Waals surface area (Å²) in [5.41, 5.74) is 1.29. The van der Waals surface area contributed by atoms with Crippen molar-refractivity contribution in [2.75, 3.05) is 5.32 Å². The number of para-hydroxylation sites is 1. The molecule has 0 unspecified atom stereocenters. The van der Waals surface area contributed by atoms with Gasteiger partial charge in [-0.1, -0.05) is 23.4 Å². The van der Waals surface area contributed by atoms with Crippen molar-refractivity contribution >= 4 is 22.4 Å². The average molecular weight is 292 g/mol. The van der Waals surface area contributed by atoms with Crippen molar-refractivity contribution in [2.24, 2.45) is 0 Å². The number of nitrogens with zero attached hydrogens (tertiary/aromatic N) is 1. The van der Waals surface area contributed by atoms with Gasteiger partial charge in [0.1, 0.15) is 11.0 Å². The molecule has 1 aromatic carbocycles. The highest BCUT2D eigenvalue weighted by molar-refractivity contribution is 7.85. The summed E-state index contributed by atoms with van der Waals surface area (Å²) in [5.74, 6) is 0.605. The molecule has 0 aliphatic rings. The normalized spacial score (nSPS) is 13.7. The Morgan fingerprint density at radius 3 is 2.70 bits per heavy atom. The smallest absolute Gasteiger partial charge is 0.239 e. The van der Waals surface area contributed by atoms with E-state index in [9.17, 15) is 9.00 Å². The summed E-state index contributed by atoms with van der Waals surface area (Å²) in [6, 6.07) is 10.8. The van der Waals surface area contributed by atoms with Crippen LogP contribution in [0.15, 0.2) is 40.9 Å². The molecule has 0 spiro atoms. The fourth-order valence-corrected chi connectivity index (χ4v) is 2.62. The molecule has 2 rings (SSSR count). The Labute approximate surface area is 119 Å². The summed E-state index contributed by atoms with van der Waals surface area (Å²) in [6.45, 7) is 3.41. The predicted molar refractivity (Wildman–Crippen MR) is 77.6 cm³/mol. The van der Waals surface area contributed by atoms with Gasteiger partial charge in [-0.15, -0.1) is 0 Å². The first-order valence-corrected chi connectivity index (χ1v) is 7.60. The molecule has 0 aliphatic carbocycles. The number of anilines is 1. The first kappa shape index (κ1) is 14.5. The molecule has 0 radical (unpaired) electrons. The van der Waals surface area contributed by atoms with E-state index in [0.29, 0.717) is 17.1 Å². The van der Waals surface area contributed by atoms with Gasteiger partial charge in [0.15, 0.2) is 0 Å². The third kappa shape index (κ3) is 3.77. The molecule has 6 heteroatoms. The molecular formula is C14H16N2O3S. The number of carbonyl (C=O) groups is 1. The van der Waals surface area contributed by atoms with Crippen molar-refractivity contribution in [3.63, 3.8) is 0 Å². The zero-order valence-electron chi connectivity index (χ0n) is 11.3. The lowest BCUT2D eigenvalue weighted by atomic mass is 10.3. The molecule has 0 fully saturated rings. The number of rotatable bonds is 5. The van der Waals surface area contributed by atoms with Crippen molar-refractivity contribution in [3.8, 4) is 0 Å². The van der Waals surface area contributed by atoms with Crippen LogP contribution in [-0.4, -0.2) is 20.5 Å². The van der Waals surface area contributed by atoms with E-state index in [1.807, 2.05) is 18.2 Å². The Balaban J connectivity index is 1.94. The van der Waals surface area contributed by atoms with E-state index < -0.39 is 16.0 Å². The molecular weight excluding hydrogens is 276 g/mol. The van der Waals surface area contributed by atoms with Crippen LogP contribution in [0, 0.1) is 6.92 Å². The molecule has 0 saturated heterocycles. The van der Waals surface area contributed by atoms with Gasteiger partial charge in [-0.25, -0.2) is 0 Å². The highest BCUT2D eigenvalue weighted by Gasteiger charge is 2.21. The van der Waals surface area contributed by atoms with Crippen molar-refractivity contribution in [2.45, 2.75) is 24.9 Å². The summed E-state index contributed by atoms with van der Waals surface area (Å²) in [7, 11) is -1.34. The van der Waals surface area contributed by atoms with Crippen LogP contribution in [0.4, 0.5) is 5.69 Å². The van der Waals surface area contributed by atoms with Crippen LogP contribution < -0.4 is 5.32 Å². The second-order valence-electron chi connectivity index (χ2n) is 4.45. The lowest BCUT2D eigenvalue weighted by Gasteiger charge is -2.11. The molecule has 106 valence electrons. The molecule has 0 aliphatic heterocycles. The largest absolute Gasteiger partial charge is 0.361 e. The van der Waals surface area contributed by atoms with Gasteiger partial charge in [-0.2, -0.15) is 0 Å². The lowest BCUT2D eigenvalue weighted by Crippen LogP contribution is -2.29. The predicted octanol–water partition coefficient (Wildman–Crippen LogP) is 2.26. The lowest BCUT2D eigenvalue weighted by molar-refractivity contribution is -0.115. The van der Waals surface area contributed by atoms with Crippen LogP contribution in [-0.2, 0) is 21.3 Å². The van der Waals surface area contributed by atoms with Gasteiger partial charge < -0.3 is 9.84 Å². The Kier molecular flexibility index (Phi) is 4.68. The number of hydrogen-bond acceptors (Lipinski definition) is 4. The second kappa shape index (κ2) is 6.47. The molecule has 2 aromatic rings. The minimum atomic E-state index is -1.34. The number of aryl methyl sites for hydroxylation is 1. The average Bonchev–Trinajstić information content (AvgIpc) is 2.84. The van der Waals surface area contributed by atoms with Crippen LogP contribution in [0.1, 0.15) is 18.4 Å². The van der Waals surface area contributed by atoms with E-state index in [-0.39, 0.29) is 11.7 Å². The summed E-state index contributed by atoms with van der Waals surface area (Å²) < 4.78 is 17.0. The Hall–Kier alpha value is -1.95. The third-order valence-corrected chi connectivity index (χ3v) is 4.35. The maximum absolute atomic E-state index is 12.1. The first-order valence-electron chi connectivity index (χ1n) is 6.21. The number of hydrogen-bond donors (Lipinski definition) is 1. The summed E-state index contributed by atoms with van der Waals surface area (Å²) >= 11 is 0. The topological polar surface area (TPSA) is 72.2 Å². The maximum Gasteiger partial charge on any atom is 0.239 e. The van der Waals surface area contributed by atoms with Gasteiger partial charge in [0.05, 0.1) is 11.4 Å². The zero-order chi connectivity index (χ0) is 14.5. The van der Waals surface area contributed by atoms with Crippen molar-refractivity contribution in [3.05, 3.63) is 47.9 Å². The van der Waals surface area contributed by atoms with Crippen LogP contribution in [0.2, 0.25) is 0 Å². The standard InChI is InChI=1S/C14H16N2O3S/c1-10-8-13(16-19-10)9-20(18)11(2)14(17)15-12-6-4-3-5-7-12/h3-8,11H,9H2,1-2H3,(H,15,17)/t11-,20+/m0/s1. The van der Waals surface area contributed by atoms with Gasteiger partial charge in [0.25, 0.3) is 0 Å². The molecule has 20 heavy (non-hydrogen) atoms. The molecule has 1 heterocycles. The maximum atomic E-state index is 12.1. The molecule has 1 N–H and O–H groups in total. The number of nitrogens with one attached hydrogen (secondary N) is 1.